The first-order chi connectivity index (χ1) is 8.36. The van der Waals surface area contributed by atoms with E-state index in [4.69, 9.17) is 17.3 Å². The highest BCUT2D eigenvalue weighted by Gasteiger charge is 2.17. The summed E-state index contributed by atoms with van der Waals surface area (Å²) in [6.45, 7) is 4.26. The molecule has 1 aromatic rings. The van der Waals surface area contributed by atoms with E-state index < -0.39 is 10.0 Å². The molecule has 0 bridgehead atoms. The quantitative estimate of drug-likeness (QED) is 0.841. The van der Waals surface area contributed by atoms with Crippen molar-refractivity contribution in [2.45, 2.75) is 31.2 Å². The minimum absolute atomic E-state index is 0.183. The molecule has 0 aliphatic heterocycles. The SMILES string of the molecule is CCC(C)C(N)CNS(=O)(=O)c1ccc(Cl)cc1. The molecule has 0 saturated heterocycles. The second-order valence-electron chi connectivity index (χ2n) is 4.36. The minimum Gasteiger partial charge on any atom is -0.326 e. The van der Waals surface area contributed by atoms with Gasteiger partial charge in [0.05, 0.1) is 4.90 Å². The summed E-state index contributed by atoms with van der Waals surface area (Å²) in [4.78, 5) is 0.197. The molecule has 0 aliphatic rings. The van der Waals surface area contributed by atoms with Gasteiger partial charge in [-0.2, -0.15) is 0 Å². The van der Waals surface area contributed by atoms with Gasteiger partial charge in [-0.15, -0.1) is 0 Å². The lowest BCUT2D eigenvalue weighted by Crippen LogP contribution is -2.41. The molecule has 2 atom stereocenters. The predicted molar refractivity (Wildman–Crippen MR) is 74.1 cm³/mol. The van der Waals surface area contributed by atoms with Crippen LogP contribution in [0.1, 0.15) is 20.3 Å². The fourth-order valence-corrected chi connectivity index (χ4v) is 2.61. The summed E-state index contributed by atoms with van der Waals surface area (Å²) in [5.41, 5.74) is 5.89. The second-order valence-corrected chi connectivity index (χ2v) is 6.56. The number of benzene rings is 1. The summed E-state index contributed by atoms with van der Waals surface area (Å²) in [6.07, 6.45) is 0.920. The lowest BCUT2D eigenvalue weighted by atomic mass is 10.0. The van der Waals surface area contributed by atoms with Crippen LogP contribution >= 0.6 is 11.6 Å². The normalized spacial score (nSPS) is 15.3. The topological polar surface area (TPSA) is 72.2 Å². The van der Waals surface area contributed by atoms with Crippen molar-refractivity contribution in [3.05, 3.63) is 29.3 Å². The molecule has 0 spiro atoms. The van der Waals surface area contributed by atoms with E-state index in [1.54, 1.807) is 12.1 Å². The molecular formula is C12H19ClN2O2S. The molecule has 0 amide bonds. The fourth-order valence-electron chi connectivity index (χ4n) is 1.41. The zero-order chi connectivity index (χ0) is 13.8. The molecule has 0 aliphatic carbocycles. The third kappa shape index (κ3) is 4.24. The van der Waals surface area contributed by atoms with Crippen LogP contribution in [-0.2, 0) is 10.0 Å². The van der Waals surface area contributed by atoms with Crippen LogP contribution in [0, 0.1) is 5.92 Å². The monoisotopic (exact) mass is 290 g/mol. The van der Waals surface area contributed by atoms with Crippen LogP contribution in [0.5, 0.6) is 0 Å². The number of rotatable bonds is 6. The average molecular weight is 291 g/mol. The number of nitrogens with two attached hydrogens (primary N) is 1. The van der Waals surface area contributed by atoms with Crippen molar-refractivity contribution in [2.24, 2.45) is 11.7 Å². The van der Waals surface area contributed by atoms with Crippen molar-refractivity contribution >= 4 is 21.6 Å². The Hall–Kier alpha value is -0.620. The summed E-state index contributed by atoms with van der Waals surface area (Å²) in [5.74, 6) is 0.276. The Morgan fingerprint density at radius 2 is 1.89 bits per heavy atom. The Kier molecular flexibility index (Phi) is 5.59. The number of nitrogens with one attached hydrogen (secondary N) is 1. The van der Waals surface area contributed by atoms with Gasteiger partial charge in [0.15, 0.2) is 0 Å². The molecule has 0 aromatic heterocycles. The average Bonchev–Trinajstić information content (AvgIpc) is 2.35. The van der Waals surface area contributed by atoms with Gasteiger partial charge in [-0.1, -0.05) is 31.9 Å². The summed E-state index contributed by atoms with van der Waals surface area (Å²) in [7, 11) is -3.50. The smallest absolute Gasteiger partial charge is 0.240 e. The number of hydrogen-bond acceptors (Lipinski definition) is 3. The van der Waals surface area contributed by atoms with Crippen molar-refractivity contribution in [3.8, 4) is 0 Å². The molecule has 1 aromatic carbocycles. The maximum Gasteiger partial charge on any atom is 0.240 e. The van der Waals surface area contributed by atoms with Gasteiger partial charge >= 0.3 is 0 Å². The third-order valence-electron chi connectivity index (χ3n) is 3.01. The Morgan fingerprint density at radius 1 is 1.33 bits per heavy atom. The minimum atomic E-state index is -3.50. The van der Waals surface area contributed by atoms with Crippen LogP contribution in [0.2, 0.25) is 5.02 Å². The van der Waals surface area contributed by atoms with Gasteiger partial charge in [0.25, 0.3) is 0 Å². The van der Waals surface area contributed by atoms with Crippen LogP contribution in [-0.4, -0.2) is 21.0 Å². The van der Waals surface area contributed by atoms with E-state index in [0.717, 1.165) is 6.42 Å². The van der Waals surface area contributed by atoms with Crippen LogP contribution in [0.15, 0.2) is 29.2 Å². The van der Waals surface area contributed by atoms with Crippen LogP contribution in [0.25, 0.3) is 0 Å². The maximum absolute atomic E-state index is 11.9. The van der Waals surface area contributed by atoms with Crippen molar-refractivity contribution in [2.75, 3.05) is 6.54 Å². The second kappa shape index (κ2) is 6.52. The van der Waals surface area contributed by atoms with Crippen molar-refractivity contribution in [3.63, 3.8) is 0 Å². The Bertz CT molecular complexity index is 473. The Balaban J connectivity index is 2.68. The van der Waals surface area contributed by atoms with Crippen LogP contribution in [0.3, 0.4) is 0 Å². The first-order valence-electron chi connectivity index (χ1n) is 5.87. The molecule has 3 N–H and O–H groups in total. The Morgan fingerprint density at radius 3 is 2.39 bits per heavy atom. The standard InChI is InChI=1S/C12H19ClN2O2S/c1-3-9(2)12(14)8-15-18(16,17)11-6-4-10(13)5-7-11/h4-7,9,12,15H,3,8,14H2,1-2H3. The van der Waals surface area contributed by atoms with E-state index in [9.17, 15) is 8.42 Å². The third-order valence-corrected chi connectivity index (χ3v) is 4.70. The van der Waals surface area contributed by atoms with Gasteiger partial charge in [0.1, 0.15) is 0 Å². The van der Waals surface area contributed by atoms with Gasteiger partial charge in [-0.3, -0.25) is 0 Å². The fraction of sp³-hybridized carbons (Fsp3) is 0.500. The summed E-state index contributed by atoms with van der Waals surface area (Å²) in [6, 6.07) is 5.85. The van der Waals surface area contributed by atoms with Gasteiger partial charge in [0.2, 0.25) is 10.0 Å². The van der Waals surface area contributed by atoms with Crippen LogP contribution < -0.4 is 10.5 Å². The van der Waals surface area contributed by atoms with E-state index in [1.165, 1.54) is 12.1 Å². The number of sulfonamides is 1. The van der Waals surface area contributed by atoms with E-state index >= 15 is 0 Å². The van der Waals surface area contributed by atoms with Crippen molar-refractivity contribution < 1.29 is 8.42 Å². The van der Waals surface area contributed by atoms with Gasteiger partial charge in [-0.05, 0) is 30.2 Å². The highest BCUT2D eigenvalue weighted by atomic mass is 35.5. The maximum atomic E-state index is 11.9. The molecule has 4 nitrogen and oxygen atoms in total. The lowest BCUT2D eigenvalue weighted by molar-refractivity contribution is 0.437. The molecule has 102 valence electrons. The highest BCUT2D eigenvalue weighted by molar-refractivity contribution is 7.89. The molecule has 0 saturated carbocycles. The van der Waals surface area contributed by atoms with Gasteiger partial charge in [-0.25, -0.2) is 13.1 Å². The molecular weight excluding hydrogens is 272 g/mol. The molecule has 0 radical (unpaired) electrons. The molecule has 18 heavy (non-hydrogen) atoms. The predicted octanol–water partition coefficient (Wildman–Crippen LogP) is 1.99. The molecule has 1 rings (SSSR count). The van der Waals surface area contributed by atoms with Crippen molar-refractivity contribution in [1.29, 1.82) is 0 Å². The largest absolute Gasteiger partial charge is 0.326 e. The molecule has 6 heteroatoms. The lowest BCUT2D eigenvalue weighted by Gasteiger charge is -2.18. The summed E-state index contributed by atoms with van der Waals surface area (Å²) < 4.78 is 26.4. The number of halogens is 1. The zero-order valence-corrected chi connectivity index (χ0v) is 12.1. The van der Waals surface area contributed by atoms with Crippen LogP contribution in [0.4, 0.5) is 0 Å². The molecule has 0 fully saturated rings. The van der Waals surface area contributed by atoms with Gasteiger partial charge in [0, 0.05) is 17.6 Å². The zero-order valence-electron chi connectivity index (χ0n) is 10.6. The van der Waals surface area contributed by atoms with E-state index in [-0.39, 0.29) is 23.4 Å². The summed E-state index contributed by atoms with van der Waals surface area (Å²) >= 11 is 5.71. The molecule has 0 heterocycles. The van der Waals surface area contributed by atoms with E-state index in [2.05, 4.69) is 4.72 Å². The van der Waals surface area contributed by atoms with Gasteiger partial charge < -0.3 is 5.73 Å². The Labute approximate surface area is 114 Å². The van der Waals surface area contributed by atoms with Crippen molar-refractivity contribution in [1.82, 2.24) is 4.72 Å². The summed E-state index contributed by atoms with van der Waals surface area (Å²) in [5, 5.41) is 0.505. The highest BCUT2D eigenvalue weighted by Crippen LogP contribution is 2.14. The molecule has 2 unspecified atom stereocenters. The van der Waals surface area contributed by atoms with E-state index in [0.29, 0.717) is 5.02 Å². The first kappa shape index (κ1) is 15.4. The van der Waals surface area contributed by atoms with E-state index in [1.807, 2.05) is 13.8 Å². The number of hydrogen-bond donors (Lipinski definition) is 2. The first-order valence-corrected chi connectivity index (χ1v) is 7.73.